The van der Waals surface area contributed by atoms with E-state index in [2.05, 4.69) is 9.97 Å². The first kappa shape index (κ1) is 20.6. The number of aromatic nitrogens is 2. The molecule has 0 unspecified atom stereocenters. The van der Waals surface area contributed by atoms with Crippen LogP contribution in [0.4, 0.5) is 0 Å². The predicted molar refractivity (Wildman–Crippen MR) is 85.4 cm³/mol. The quantitative estimate of drug-likeness (QED) is 0.405. The molecule has 132 valence electrons. The minimum absolute atomic E-state index is 0.158. The van der Waals surface area contributed by atoms with Gasteiger partial charge < -0.3 is 9.47 Å². The van der Waals surface area contributed by atoms with Gasteiger partial charge in [-0.25, -0.2) is 19.6 Å². The van der Waals surface area contributed by atoms with E-state index in [0.29, 0.717) is 6.42 Å². The maximum absolute atomic E-state index is 11.6. The summed E-state index contributed by atoms with van der Waals surface area (Å²) in [6, 6.07) is 9.99. The molecule has 0 aliphatic rings. The van der Waals surface area contributed by atoms with E-state index in [1.165, 1.54) is 12.4 Å². The van der Waals surface area contributed by atoms with Gasteiger partial charge in [0.15, 0.2) is 0 Å². The monoisotopic (exact) mass is 551 g/mol. The molecule has 0 amide bonds. The summed E-state index contributed by atoms with van der Waals surface area (Å²) < 4.78 is 10.0. The van der Waals surface area contributed by atoms with Crippen molar-refractivity contribution >= 4 is 30.8 Å². The van der Waals surface area contributed by atoms with Crippen LogP contribution in [0.15, 0.2) is 48.8 Å². The van der Waals surface area contributed by atoms with Gasteiger partial charge in [-0.05, 0) is 24.3 Å². The first-order valence-electron chi connectivity index (χ1n) is 6.67. The van der Waals surface area contributed by atoms with Crippen molar-refractivity contribution in [3.05, 3.63) is 60.2 Å². The summed E-state index contributed by atoms with van der Waals surface area (Å²) in [7, 11) is 9.75. The third-order valence-corrected chi connectivity index (χ3v) is 2.50. The van der Waals surface area contributed by atoms with E-state index >= 15 is 0 Å². The van der Waals surface area contributed by atoms with E-state index in [-0.39, 0.29) is 24.6 Å². The molecule has 9 heteroatoms. The first-order chi connectivity index (χ1) is 11.7. The predicted octanol–water partition coefficient (Wildman–Crippen LogP) is 3.26. The van der Waals surface area contributed by atoms with Crippen molar-refractivity contribution in [1.82, 2.24) is 9.97 Å². The molecule has 2 aromatic rings. The molecule has 0 aromatic carbocycles. The Morgan fingerprint density at radius 3 is 1.62 bits per heavy atom. The van der Waals surface area contributed by atoms with E-state index in [4.69, 9.17) is 28.3 Å². The Morgan fingerprint density at radius 2 is 1.29 bits per heavy atom. The Labute approximate surface area is 155 Å². The summed E-state index contributed by atoms with van der Waals surface area (Å²) in [5.74, 6) is -0.988. The van der Waals surface area contributed by atoms with Crippen molar-refractivity contribution in [3.63, 3.8) is 0 Å². The van der Waals surface area contributed by atoms with Crippen molar-refractivity contribution in [2.45, 2.75) is 6.42 Å². The van der Waals surface area contributed by atoms with Crippen molar-refractivity contribution < 1.29 is 35.5 Å². The molecule has 0 saturated heterocycles. The van der Waals surface area contributed by atoms with E-state index in [1.807, 2.05) is 0 Å². The zero-order valence-corrected chi connectivity index (χ0v) is 16.1. The molecule has 0 fully saturated rings. The minimum atomic E-state index is -0.494. The van der Waals surface area contributed by atoms with Crippen LogP contribution in [0.3, 0.4) is 0 Å². The first-order valence-corrected chi connectivity index (χ1v) is 12.3. The SMILES string of the molecule is O=C(OCCCOC(=O)c1ccccn1)c1ccccn1.[Cl][Pt][Cl]. The zero-order valence-electron chi connectivity index (χ0n) is 12.3. The average Bonchev–Trinajstić information content (AvgIpc) is 2.63. The normalized spacial score (nSPS) is 9.58. The number of carbonyl (C=O) groups is 2. The number of pyridine rings is 2. The Bertz CT molecular complexity index is 564. The molecule has 0 saturated carbocycles. The van der Waals surface area contributed by atoms with E-state index in [9.17, 15) is 9.59 Å². The number of carbonyl (C=O) groups excluding carboxylic acids is 2. The van der Waals surface area contributed by atoms with Crippen LogP contribution in [-0.4, -0.2) is 35.1 Å². The molecule has 0 bridgehead atoms. The Morgan fingerprint density at radius 1 is 0.875 bits per heavy atom. The molecule has 2 heterocycles. The van der Waals surface area contributed by atoms with Crippen LogP contribution in [0.1, 0.15) is 27.4 Å². The number of nitrogens with zero attached hydrogens (tertiary/aromatic N) is 2. The molecule has 0 aliphatic heterocycles. The number of hydrogen-bond acceptors (Lipinski definition) is 6. The van der Waals surface area contributed by atoms with Gasteiger partial charge in [0.25, 0.3) is 0 Å². The molecule has 0 aliphatic carbocycles. The van der Waals surface area contributed by atoms with Crippen LogP contribution in [0.2, 0.25) is 0 Å². The van der Waals surface area contributed by atoms with Gasteiger partial charge in [0, 0.05) is 18.8 Å². The third-order valence-electron chi connectivity index (χ3n) is 2.50. The summed E-state index contributed by atoms with van der Waals surface area (Å²) in [4.78, 5) is 30.9. The van der Waals surface area contributed by atoms with Gasteiger partial charge >= 0.3 is 47.3 Å². The van der Waals surface area contributed by atoms with Crippen LogP contribution < -0.4 is 0 Å². The van der Waals surface area contributed by atoms with Gasteiger partial charge in [0.2, 0.25) is 0 Å². The number of rotatable bonds is 6. The molecule has 0 spiro atoms. The van der Waals surface area contributed by atoms with Crippen molar-refractivity contribution in [1.29, 1.82) is 0 Å². The standard InChI is InChI=1S/C15H14N2O4.2ClH.Pt/c18-14(12-6-1-3-8-16-12)20-10-5-11-21-15(19)13-7-2-4-9-17-13;;;/h1-4,6-9H,5,10-11H2;2*1H;/q;;;+2/p-2. The summed E-state index contributed by atoms with van der Waals surface area (Å²) in [5, 5.41) is 0. The van der Waals surface area contributed by atoms with Crippen molar-refractivity contribution in [2.24, 2.45) is 0 Å². The summed E-state index contributed by atoms with van der Waals surface area (Å²) in [6.45, 7) is 0.315. The molecule has 2 rings (SSSR count). The Balaban J connectivity index is 0.000000891. The molecule has 2 aromatic heterocycles. The molecule has 24 heavy (non-hydrogen) atoms. The molecule has 0 N–H and O–H groups in total. The Kier molecular flexibility index (Phi) is 11.0. The van der Waals surface area contributed by atoms with Crippen molar-refractivity contribution in [3.8, 4) is 0 Å². The van der Waals surface area contributed by atoms with E-state index in [1.54, 1.807) is 36.4 Å². The van der Waals surface area contributed by atoms with Crippen molar-refractivity contribution in [2.75, 3.05) is 13.2 Å². The zero-order chi connectivity index (χ0) is 17.6. The van der Waals surface area contributed by atoms with E-state index < -0.39 is 28.4 Å². The van der Waals surface area contributed by atoms with Crippen LogP contribution in [-0.2, 0) is 26.0 Å². The fourth-order valence-corrected chi connectivity index (χ4v) is 1.50. The topological polar surface area (TPSA) is 78.4 Å². The van der Waals surface area contributed by atoms with Gasteiger partial charge in [-0.15, -0.1) is 0 Å². The molecule has 0 atom stereocenters. The van der Waals surface area contributed by atoms with Gasteiger partial charge in [0.05, 0.1) is 13.2 Å². The van der Waals surface area contributed by atoms with Crippen LogP contribution >= 0.6 is 18.8 Å². The second-order valence-electron chi connectivity index (χ2n) is 4.10. The third kappa shape index (κ3) is 8.39. The number of ether oxygens (including phenoxy) is 2. The molecular weight excluding hydrogens is 538 g/mol. The molecule has 6 nitrogen and oxygen atoms in total. The van der Waals surface area contributed by atoms with Gasteiger partial charge in [-0.1, -0.05) is 12.1 Å². The van der Waals surface area contributed by atoms with E-state index in [0.717, 1.165) is 0 Å². The summed E-state index contributed by atoms with van der Waals surface area (Å²) in [5.41, 5.74) is 0.506. The van der Waals surface area contributed by atoms with Crippen LogP contribution in [0.5, 0.6) is 0 Å². The average molecular weight is 552 g/mol. The maximum atomic E-state index is 11.6. The van der Waals surface area contributed by atoms with Crippen LogP contribution in [0, 0.1) is 0 Å². The van der Waals surface area contributed by atoms with Gasteiger partial charge in [-0.3, -0.25) is 0 Å². The summed E-state index contributed by atoms with van der Waals surface area (Å²) >= 11 is -0.472. The molecular formula is C15H14Cl2N2O4Pt. The molecule has 0 radical (unpaired) electrons. The van der Waals surface area contributed by atoms with Gasteiger partial charge in [0.1, 0.15) is 11.4 Å². The number of halogens is 2. The van der Waals surface area contributed by atoms with Crippen LogP contribution in [0.25, 0.3) is 0 Å². The van der Waals surface area contributed by atoms with Gasteiger partial charge in [-0.2, -0.15) is 0 Å². The fraction of sp³-hybridized carbons (Fsp3) is 0.200. The summed E-state index contributed by atoms with van der Waals surface area (Å²) in [6.07, 6.45) is 3.45. The Hall–Kier alpha value is -1.49. The second-order valence-corrected chi connectivity index (χ2v) is 7.38. The number of esters is 2. The fourth-order valence-electron chi connectivity index (χ4n) is 1.50. The second kappa shape index (κ2) is 12.9. The number of hydrogen-bond donors (Lipinski definition) is 0.